The normalized spacial score (nSPS) is 14.1. The van der Waals surface area contributed by atoms with Gasteiger partial charge in [-0.05, 0) is 89.5 Å². The number of hydrogen-bond donors (Lipinski definition) is 2. The van der Waals surface area contributed by atoms with Gasteiger partial charge in [0.1, 0.15) is 18.2 Å². The molecule has 0 saturated heterocycles. The van der Waals surface area contributed by atoms with Crippen molar-refractivity contribution >= 4 is 17.6 Å². The first-order valence-electron chi connectivity index (χ1n) is 11.7. The molecule has 0 spiro atoms. The highest BCUT2D eigenvalue weighted by atomic mass is 19.1. The molecule has 180 valence electrons. The molecule has 5 rings (SSSR count). The number of anilines is 1. The first-order chi connectivity index (χ1) is 16.8. The molecule has 1 amide bonds. The van der Waals surface area contributed by atoms with E-state index in [1.165, 1.54) is 18.2 Å². The van der Waals surface area contributed by atoms with Crippen LogP contribution in [0.3, 0.4) is 0 Å². The van der Waals surface area contributed by atoms with Gasteiger partial charge in [-0.2, -0.15) is 0 Å². The zero-order valence-electron chi connectivity index (χ0n) is 20.0. The highest BCUT2D eigenvalue weighted by Gasteiger charge is 2.32. The second-order valence-electron chi connectivity index (χ2n) is 9.19. The Morgan fingerprint density at radius 2 is 1.80 bits per heavy atom. The van der Waals surface area contributed by atoms with Gasteiger partial charge >= 0.3 is 5.97 Å². The van der Waals surface area contributed by atoms with E-state index in [0.29, 0.717) is 31.8 Å². The van der Waals surface area contributed by atoms with Gasteiger partial charge in [0.05, 0.1) is 12.1 Å². The highest BCUT2D eigenvalue weighted by molar-refractivity contribution is 5.95. The van der Waals surface area contributed by atoms with Crippen molar-refractivity contribution in [3.8, 4) is 16.9 Å². The predicted octanol–water partition coefficient (Wildman–Crippen LogP) is 5.01. The summed E-state index contributed by atoms with van der Waals surface area (Å²) in [5.41, 5.74) is 8.70. The topological polar surface area (TPSA) is 78.9 Å². The van der Waals surface area contributed by atoms with Gasteiger partial charge in [-0.3, -0.25) is 9.59 Å². The number of halogens is 1. The molecule has 2 heterocycles. The summed E-state index contributed by atoms with van der Waals surface area (Å²) in [7, 11) is 0. The summed E-state index contributed by atoms with van der Waals surface area (Å²) in [5.74, 6) is -0.810. The average Bonchev–Trinajstić information content (AvgIpc) is 3.29. The van der Waals surface area contributed by atoms with Crippen LogP contribution in [0.1, 0.15) is 43.7 Å². The molecular formula is C28H27FN2O4. The first-order valence-corrected chi connectivity index (χ1v) is 11.7. The lowest BCUT2D eigenvalue weighted by molar-refractivity contribution is -0.136. The summed E-state index contributed by atoms with van der Waals surface area (Å²) in [4.78, 5) is 26.8. The van der Waals surface area contributed by atoms with Gasteiger partial charge in [-0.25, -0.2) is 4.39 Å². The van der Waals surface area contributed by atoms with Crippen molar-refractivity contribution < 1.29 is 23.8 Å². The smallest absolute Gasteiger partial charge is 0.307 e. The largest absolute Gasteiger partial charge is 0.490 e. The Labute approximate surface area is 203 Å². The average molecular weight is 475 g/mol. The Kier molecular flexibility index (Phi) is 5.71. The van der Waals surface area contributed by atoms with Crippen molar-refractivity contribution in [1.82, 2.24) is 4.90 Å². The van der Waals surface area contributed by atoms with Gasteiger partial charge in [-0.1, -0.05) is 12.1 Å². The molecule has 2 aliphatic heterocycles. The van der Waals surface area contributed by atoms with E-state index < -0.39 is 11.8 Å². The number of nitrogens with one attached hydrogen (secondary N) is 1. The lowest BCUT2D eigenvalue weighted by Gasteiger charge is -2.25. The molecule has 3 aromatic rings. The number of carboxylic acid groups (broad SMARTS) is 1. The third-order valence-electron chi connectivity index (χ3n) is 7.14. The number of carboxylic acids is 1. The van der Waals surface area contributed by atoms with Gasteiger partial charge in [-0.15, -0.1) is 0 Å². The van der Waals surface area contributed by atoms with Crippen molar-refractivity contribution in [3.63, 3.8) is 0 Å². The Balaban J connectivity index is 1.64. The summed E-state index contributed by atoms with van der Waals surface area (Å²) in [5, 5.41) is 13.2. The van der Waals surface area contributed by atoms with Gasteiger partial charge in [0.15, 0.2) is 0 Å². The summed E-state index contributed by atoms with van der Waals surface area (Å²) < 4.78 is 19.5. The number of benzene rings is 3. The summed E-state index contributed by atoms with van der Waals surface area (Å²) >= 11 is 0. The maximum atomic E-state index is 13.7. The van der Waals surface area contributed by atoms with Crippen LogP contribution in [-0.2, 0) is 24.3 Å². The Hall–Kier alpha value is -3.87. The molecule has 0 fully saturated rings. The Morgan fingerprint density at radius 3 is 2.51 bits per heavy atom. The van der Waals surface area contributed by atoms with Crippen molar-refractivity contribution in [3.05, 3.63) is 81.2 Å². The molecule has 6 nitrogen and oxygen atoms in total. The van der Waals surface area contributed by atoms with Crippen LogP contribution in [0.4, 0.5) is 10.1 Å². The predicted molar refractivity (Wildman–Crippen MR) is 131 cm³/mol. The lowest BCUT2D eigenvalue weighted by atomic mass is 9.83. The molecule has 2 N–H and O–H groups in total. The molecule has 0 aromatic heterocycles. The fourth-order valence-corrected chi connectivity index (χ4v) is 5.38. The second-order valence-corrected chi connectivity index (χ2v) is 9.19. The number of ether oxygens (including phenoxy) is 1. The Bertz CT molecular complexity index is 1380. The number of nitrogens with zero attached hydrogens (tertiary/aromatic N) is 1. The van der Waals surface area contributed by atoms with Gasteiger partial charge in [0.25, 0.3) is 5.91 Å². The molecule has 0 saturated carbocycles. The van der Waals surface area contributed by atoms with Crippen molar-refractivity contribution in [2.24, 2.45) is 0 Å². The molecule has 0 unspecified atom stereocenters. The molecule has 0 atom stereocenters. The minimum absolute atomic E-state index is 0.117. The molecule has 0 radical (unpaired) electrons. The highest BCUT2D eigenvalue weighted by Crippen LogP contribution is 2.44. The van der Waals surface area contributed by atoms with Crippen LogP contribution in [0.2, 0.25) is 0 Å². The minimum atomic E-state index is -0.906. The molecule has 35 heavy (non-hydrogen) atoms. The van der Waals surface area contributed by atoms with Crippen LogP contribution < -0.4 is 10.1 Å². The number of carbonyl (C=O) groups excluding carboxylic acids is 1. The van der Waals surface area contributed by atoms with E-state index in [9.17, 15) is 19.1 Å². The zero-order valence-corrected chi connectivity index (χ0v) is 20.0. The van der Waals surface area contributed by atoms with E-state index in [-0.39, 0.29) is 12.3 Å². The first kappa shape index (κ1) is 22.9. The van der Waals surface area contributed by atoms with E-state index >= 15 is 0 Å². The molecule has 7 heteroatoms. The van der Waals surface area contributed by atoms with Crippen molar-refractivity contribution in [2.75, 3.05) is 18.5 Å². The molecule has 0 aliphatic carbocycles. The number of rotatable bonds is 4. The molecule has 0 bridgehead atoms. The number of fused-ring (bicyclic) bond motifs is 2. The number of carbonyl (C=O) groups is 2. The van der Waals surface area contributed by atoms with E-state index in [1.807, 2.05) is 32.9 Å². The summed E-state index contributed by atoms with van der Waals surface area (Å²) in [6.45, 7) is 8.01. The standard InChI is InChI=1S/C28H27FN2O4/c1-15-21(12-25(32)33)26(20-7-8-24-27(17(20)3)30-9-10-35-24)16(2)23-14-31(13-22(15)23)28(34)18-5-4-6-19(29)11-18/h4-8,11,30H,9-10,12-14H2,1-3H3,(H,32,33). The van der Waals surface area contributed by atoms with Gasteiger partial charge in [0, 0.05) is 25.2 Å². The monoisotopic (exact) mass is 474 g/mol. The van der Waals surface area contributed by atoms with E-state index in [2.05, 4.69) is 5.32 Å². The van der Waals surface area contributed by atoms with Crippen molar-refractivity contribution in [1.29, 1.82) is 0 Å². The summed E-state index contributed by atoms with van der Waals surface area (Å²) in [6.07, 6.45) is -0.117. The Morgan fingerprint density at radius 1 is 1.06 bits per heavy atom. The van der Waals surface area contributed by atoms with Crippen LogP contribution in [0.15, 0.2) is 36.4 Å². The third-order valence-corrected chi connectivity index (χ3v) is 7.14. The van der Waals surface area contributed by atoms with Gasteiger partial charge < -0.3 is 20.1 Å². The van der Waals surface area contributed by atoms with Crippen molar-refractivity contribution in [2.45, 2.75) is 40.3 Å². The van der Waals surface area contributed by atoms with E-state index in [1.54, 1.807) is 11.0 Å². The van der Waals surface area contributed by atoms with Crippen LogP contribution in [-0.4, -0.2) is 35.0 Å². The fourth-order valence-electron chi connectivity index (χ4n) is 5.38. The zero-order chi connectivity index (χ0) is 24.9. The number of amides is 1. The van der Waals surface area contributed by atoms with Gasteiger partial charge in [0.2, 0.25) is 0 Å². The SMILES string of the molecule is Cc1c2c(c(C)c(-c3ccc4c(c3C)NCCO4)c1CC(=O)O)CN(C(=O)c1cccc(F)c1)C2. The second kappa shape index (κ2) is 8.73. The number of aliphatic carboxylic acids is 1. The fraction of sp³-hybridized carbons (Fsp3) is 0.286. The van der Waals surface area contributed by atoms with E-state index in [0.717, 1.165) is 55.9 Å². The quantitative estimate of drug-likeness (QED) is 0.556. The maximum absolute atomic E-state index is 13.7. The molecular weight excluding hydrogens is 447 g/mol. The molecule has 3 aromatic carbocycles. The molecule has 2 aliphatic rings. The maximum Gasteiger partial charge on any atom is 0.307 e. The van der Waals surface area contributed by atoms with E-state index in [4.69, 9.17) is 4.74 Å². The third kappa shape index (κ3) is 3.91. The minimum Gasteiger partial charge on any atom is -0.490 e. The van der Waals surface area contributed by atoms with Crippen LogP contribution >= 0.6 is 0 Å². The number of hydrogen-bond acceptors (Lipinski definition) is 4. The van der Waals surface area contributed by atoms with Crippen LogP contribution in [0.25, 0.3) is 11.1 Å². The lowest BCUT2D eigenvalue weighted by Crippen LogP contribution is -2.25. The van der Waals surface area contributed by atoms with Crippen LogP contribution in [0.5, 0.6) is 5.75 Å². The van der Waals surface area contributed by atoms with Crippen LogP contribution in [0, 0.1) is 26.6 Å². The summed E-state index contributed by atoms with van der Waals surface area (Å²) in [6, 6.07) is 9.62.